The van der Waals surface area contributed by atoms with Crippen molar-refractivity contribution >= 4 is 5.91 Å². The molecule has 6 nitrogen and oxygen atoms in total. The minimum atomic E-state index is -0.107. The maximum Gasteiger partial charge on any atom is 0.251 e. The van der Waals surface area contributed by atoms with Gasteiger partial charge < -0.3 is 10.1 Å². The van der Waals surface area contributed by atoms with Crippen LogP contribution in [0.4, 0.5) is 0 Å². The minimum Gasteiger partial charge on any atom is -0.376 e. The second kappa shape index (κ2) is 6.49. The van der Waals surface area contributed by atoms with Crippen molar-refractivity contribution in [3.8, 4) is 0 Å². The first-order chi connectivity index (χ1) is 10.3. The second-order valence-corrected chi connectivity index (χ2v) is 5.12. The summed E-state index contributed by atoms with van der Waals surface area (Å²) in [5.41, 5.74) is 1.39. The maximum absolute atomic E-state index is 11.9. The number of hydrogen-bond acceptors (Lipinski definition) is 4. The second-order valence-electron chi connectivity index (χ2n) is 5.12. The monoisotopic (exact) mass is 286 g/mol. The molecular formula is C15H18N4O2. The van der Waals surface area contributed by atoms with Gasteiger partial charge in [0.1, 0.15) is 5.69 Å². The van der Waals surface area contributed by atoms with Gasteiger partial charge in [-0.2, -0.15) is 0 Å². The highest BCUT2D eigenvalue weighted by molar-refractivity contribution is 5.93. The van der Waals surface area contributed by atoms with Crippen LogP contribution in [-0.4, -0.2) is 33.6 Å². The summed E-state index contributed by atoms with van der Waals surface area (Å²) in [6.45, 7) is 1.93. The summed E-state index contributed by atoms with van der Waals surface area (Å²) in [7, 11) is 0. The van der Waals surface area contributed by atoms with E-state index >= 15 is 0 Å². The molecule has 1 aliphatic heterocycles. The van der Waals surface area contributed by atoms with E-state index in [9.17, 15) is 4.79 Å². The Morgan fingerprint density at radius 2 is 2.24 bits per heavy atom. The first kappa shape index (κ1) is 13.8. The molecule has 2 heterocycles. The van der Waals surface area contributed by atoms with Gasteiger partial charge in [-0.25, -0.2) is 4.68 Å². The first-order valence-electron chi connectivity index (χ1n) is 7.15. The van der Waals surface area contributed by atoms with Crippen LogP contribution in [0, 0.1) is 0 Å². The van der Waals surface area contributed by atoms with E-state index in [0.717, 1.165) is 31.7 Å². The van der Waals surface area contributed by atoms with Gasteiger partial charge in [0.25, 0.3) is 5.91 Å². The lowest BCUT2D eigenvalue weighted by Gasteiger charge is -2.07. The number of nitrogens with zero attached hydrogens (tertiary/aromatic N) is 3. The number of rotatable bonds is 5. The summed E-state index contributed by atoms with van der Waals surface area (Å²) in [4.78, 5) is 11.9. The molecule has 110 valence electrons. The zero-order valence-electron chi connectivity index (χ0n) is 11.7. The van der Waals surface area contributed by atoms with E-state index < -0.39 is 0 Å². The molecule has 1 aliphatic rings. The fraction of sp³-hybridized carbons (Fsp3) is 0.400. The quantitative estimate of drug-likeness (QED) is 0.901. The average molecular weight is 286 g/mol. The molecule has 1 aromatic carbocycles. The minimum absolute atomic E-state index is 0.107. The smallest absolute Gasteiger partial charge is 0.251 e. The third-order valence-electron chi connectivity index (χ3n) is 3.47. The van der Waals surface area contributed by atoms with Crippen LogP contribution < -0.4 is 5.32 Å². The van der Waals surface area contributed by atoms with E-state index in [-0.39, 0.29) is 12.0 Å². The van der Waals surface area contributed by atoms with Crippen LogP contribution >= 0.6 is 0 Å². The van der Waals surface area contributed by atoms with Crippen molar-refractivity contribution in [3.63, 3.8) is 0 Å². The third kappa shape index (κ3) is 3.66. The van der Waals surface area contributed by atoms with Crippen molar-refractivity contribution in [3.05, 3.63) is 47.8 Å². The molecule has 21 heavy (non-hydrogen) atoms. The molecule has 1 fully saturated rings. The highest BCUT2D eigenvalue weighted by Crippen LogP contribution is 2.13. The number of hydrogen-bond donors (Lipinski definition) is 1. The SMILES string of the molecule is O=C(NCc1cn(CC2CCCO2)nn1)c1ccccc1. The molecule has 0 bridgehead atoms. The van der Waals surface area contributed by atoms with Gasteiger partial charge in [0.2, 0.25) is 0 Å². The van der Waals surface area contributed by atoms with E-state index in [1.165, 1.54) is 0 Å². The Morgan fingerprint density at radius 3 is 3.00 bits per heavy atom. The molecule has 2 aromatic rings. The fourth-order valence-corrected chi connectivity index (χ4v) is 2.37. The standard InChI is InChI=1S/C15H18N4O2/c20-15(12-5-2-1-3-6-12)16-9-13-10-19(18-17-13)11-14-7-4-8-21-14/h1-3,5-6,10,14H,4,7-9,11H2,(H,16,20). The summed E-state index contributed by atoms with van der Waals surface area (Å²) in [5.74, 6) is -0.107. The van der Waals surface area contributed by atoms with E-state index in [0.29, 0.717) is 12.1 Å². The van der Waals surface area contributed by atoms with E-state index in [2.05, 4.69) is 15.6 Å². The number of nitrogens with one attached hydrogen (secondary N) is 1. The van der Waals surface area contributed by atoms with E-state index in [4.69, 9.17) is 4.74 Å². The first-order valence-corrected chi connectivity index (χ1v) is 7.15. The van der Waals surface area contributed by atoms with Gasteiger partial charge in [-0.05, 0) is 25.0 Å². The third-order valence-corrected chi connectivity index (χ3v) is 3.47. The van der Waals surface area contributed by atoms with E-state index in [1.807, 2.05) is 24.4 Å². The van der Waals surface area contributed by atoms with Crippen LogP contribution in [-0.2, 0) is 17.8 Å². The molecule has 3 rings (SSSR count). The van der Waals surface area contributed by atoms with Crippen LogP contribution in [0.1, 0.15) is 28.9 Å². The molecular weight excluding hydrogens is 268 g/mol. The molecule has 1 saturated heterocycles. The van der Waals surface area contributed by atoms with Gasteiger partial charge in [0, 0.05) is 12.2 Å². The number of carbonyl (C=O) groups excluding carboxylic acids is 1. The van der Waals surface area contributed by atoms with Crippen LogP contribution in [0.3, 0.4) is 0 Å². The molecule has 0 radical (unpaired) electrons. The molecule has 1 unspecified atom stereocenters. The zero-order chi connectivity index (χ0) is 14.5. The van der Waals surface area contributed by atoms with Gasteiger partial charge in [-0.15, -0.1) is 5.10 Å². The molecule has 1 amide bonds. The molecule has 1 N–H and O–H groups in total. The highest BCUT2D eigenvalue weighted by Gasteiger charge is 2.16. The Hall–Kier alpha value is -2.21. The van der Waals surface area contributed by atoms with Crippen LogP contribution in [0.15, 0.2) is 36.5 Å². The molecule has 0 saturated carbocycles. The Labute approximate surface area is 123 Å². The molecule has 6 heteroatoms. The summed E-state index contributed by atoms with van der Waals surface area (Å²) >= 11 is 0. The van der Waals surface area contributed by atoms with Crippen LogP contribution in [0.25, 0.3) is 0 Å². The normalized spacial score (nSPS) is 17.8. The zero-order valence-corrected chi connectivity index (χ0v) is 11.7. The van der Waals surface area contributed by atoms with Gasteiger partial charge in [0.15, 0.2) is 0 Å². The van der Waals surface area contributed by atoms with Crippen molar-refractivity contribution in [1.29, 1.82) is 0 Å². The van der Waals surface area contributed by atoms with Gasteiger partial charge in [-0.3, -0.25) is 4.79 Å². The Bertz CT molecular complexity index is 591. The number of ether oxygens (including phenoxy) is 1. The van der Waals surface area contributed by atoms with Gasteiger partial charge in [0.05, 0.1) is 25.4 Å². The molecule has 0 spiro atoms. The predicted molar refractivity (Wildman–Crippen MR) is 76.6 cm³/mol. The largest absolute Gasteiger partial charge is 0.376 e. The lowest BCUT2D eigenvalue weighted by Crippen LogP contribution is -2.22. The van der Waals surface area contributed by atoms with Crippen LogP contribution in [0.5, 0.6) is 0 Å². The maximum atomic E-state index is 11.9. The highest BCUT2D eigenvalue weighted by atomic mass is 16.5. The van der Waals surface area contributed by atoms with Crippen molar-refractivity contribution in [2.45, 2.75) is 32.0 Å². The summed E-state index contributed by atoms with van der Waals surface area (Å²) in [6.07, 6.45) is 4.27. The predicted octanol–water partition coefficient (Wildman–Crippen LogP) is 1.39. The molecule has 1 atom stereocenters. The topological polar surface area (TPSA) is 69.0 Å². The van der Waals surface area contributed by atoms with Crippen molar-refractivity contribution in [1.82, 2.24) is 20.3 Å². The van der Waals surface area contributed by atoms with E-state index in [1.54, 1.807) is 16.8 Å². The van der Waals surface area contributed by atoms with Crippen molar-refractivity contribution in [2.75, 3.05) is 6.61 Å². The average Bonchev–Trinajstić information content (AvgIpc) is 3.18. The van der Waals surface area contributed by atoms with Crippen molar-refractivity contribution < 1.29 is 9.53 Å². The van der Waals surface area contributed by atoms with Crippen molar-refractivity contribution in [2.24, 2.45) is 0 Å². The Balaban J connectivity index is 1.51. The summed E-state index contributed by atoms with van der Waals surface area (Å²) in [6, 6.07) is 9.13. The number of aromatic nitrogens is 3. The Morgan fingerprint density at radius 1 is 1.38 bits per heavy atom. The summed E-state index contributed by atoms with van der Waals surface area (Å²) < 4.78 is 7.34. The lowest BCUT2D eigenvalue weighted by atomic mass is 10.2. The van der Waals surface area contributed by atoms with Gasteiger partial charge >= 0.3 is 0 Å². The Kier molecular flexibility index (Phi) is 4.25. The number of amides is 1. The fourth-order valence-electron chi connectivity index (χ4n) is 2.37. The lowest BCUT2D eigenvalue weighted by molar-refractivity contribution is 0.0933. The number of carbonyl (C=O) groups is 1. The molecule has 0 aliphatic carbocycles. The molecule has 1 aromatic heterocycles. The van der Waals surface area contributed by atoms with Gasteiger partial charge in [-0.1, -0.05) is 23.4 Å². The summed E-state index contributed by atoms with van der Waals surface area (Å²) in [5, 5.41) is 11.0. The number of benzene rings is 1. The van der Waals surface area contributed by atoms with Crippen LogP contribution in [0.2, 0.25) is 0 Å².